The van der Waals surface area contributed by atoms with E-state index in [0.717, 1.165) is 12.3 Å². The van der Waals surface area contributed by atoms with Crippen LogP contribution in [0.3, 0.4) is 0 Å². The molecule has 0 saturated heterocycles. The predicted octanol–water partition coefficient (Wildman–Crippen LogP) is 1.94. The maximum absolute atomic E-state index is 12.3. The first-order valence-corrected chi connectivity index (χ1v) is 4.67. The van der Waals surface area contributed by atoms with Crippen LogP contribution in [0.1, 0.15) is 12.1 Å². The summed E-state index contributed by atoms with van der Waals surface area (Å²) in [6, 6.07) is 0.834. The highest BCUT2D eigenvalue weighted by Gasteiger charge is 2.32. The van der Waals surface area contributed by atoms with Gasteiger partial charge in [-0.2, -0.15) is 13.2 Å². The number of alkyl halides is 3. The van der Waals surface area contributed by atoms with E-state index in [9.17, 15) is 13.2 Å². The topological polar surface area (TPSA) is 47.0 Å². The van der Waals surface area contributed by atoms with Crippen molar-refractivity contribution in [3.8, 4) is 0 Å². The van der Waals surface area contributed by atoms with E-state index in [2.05, 4.69) is 15.3 Å². The molecular formula is C9H12F3N3O. The summed E-state index contributed by atoms with van der Waals surface area (Å²) >= 11 is 0. The number of nitrogens with zero attached hydrogens (tertiary/aromatic N) is 2. The SMILES string of the molecule is COCCCNc1nccc(C(F)(F)F)n1. The first-order valence-electron chi connectivity index (χ1n) is 4.67. The maximum Gasteiger partial charge on any atom is 0.433 e. The third kappa shape index (κ3) is 4.01. The second kappa shape index (κ2) is 5.64. The molecule has 4 nitrogen and oxygen atoms in total. The number of anilines is 1. The molecule has 1 aromatic rings. The van der Waals surface area contributed by atoms with Gasteiger partial charge in [-0.1, -0.05) is 0 Å². The molecule has 1 aromatic heterocycles. The molecule has 0 spiro atoms. The highest BCUT2D eigenvalue weighted by Crippen LogP contribution is 2.27. The van der Waals surface area contributed by atoms with Crippen molar-refractivity contribution in [3.05, 3.63) is 18.0 Å². The molecule has 0 aliphatic rings. The number of nitrogens with one attached hydrogen (secondary N) is 1. The molecule has 0 fully saturated rings. The zero-order valence-electron chi connectivity index (χ0n) is 8.71. The molecule has 0 aliphatic carbocycles. The fourth-order valence-electron chi connectivity index (χ4n) is 1.02. The number of hydrogen-bond acceptors (Lipinski definition) is 4. The smallest absolute Gasteiger partial charge is 0.385 e. The highest BCUT2D eigenvalue weighted by molar-refractivity contribution is 5.25. The number of halogens is 3. The maximum atomic E-state index is 12.3. The summed E-state index contributed by atoms with van der Waals surface area (Å²) in [5.74, 6) is -0.0223. The molecular weight excluding hydrogens is 223 g/mol. The summed E-state index contributed by atoms with van der Waals surface area (Å²) in [4.78, 5) is 7.04. The van der Waals surface area contributed by atoms with Crippen molar-refractivity contribution >= 4 is 5.95 Å². The van der Waals surface area contributed by atoms with Crippen LogP contribution in [-0.2, 0) is 10.9 Å². The second-order valence-corrected chi connectivity index (χ2v) is 3.04. The third-order valence-corrected chi connectivity index (χ3v) is 1.75. The Balaban J connectivity index is 2.54. The Morgan fingerprint density at radius 2 is 2.19 bits per heavy atom. The standard InChI is InChI=1S/C9H12F3N3O/c1-16-6-2-4-13-8-14-5-3-7(15-8)9(10,11)12/h3,5H,2,4,6H2,1H3,(H,13,14,15). The van der Waals surface area contributed by atoms with Gasteiger partial charge in [0.05, 0.1) is 0 Å². The van der Waals surface area contributed by atoms with Crippen LogP contribution in [-0.4, -0.2) is 30.2 Å². The van der Waals surface area contributed by atoms with Crippen LogP contribution in [0.2, 0.25) is 0 Å². The lowest BCUT2D eigenvalue weighted by molar-refractivity contribution is -0.141. The summed E-state index contributed by atoms with van der Waals surface area (Å²) in [7, 11) is 1.56. The fraction of sp³-hybridized carbons (Fsp3) is 0.556. The van der Waals surface area contributed by atoms with Crippen LogP contribution in [0.4, 0.5) is 19.1 Å². The normalized spacial score (nSPS) is 11.5. The predicted molar refractivity (Wildman–Crippen MR) is 52.0 cm³/mol. The molecule has 0 amide bonds. The molecule has 0 unspecified atom stereocenters. The Hall–Kier alpha value is -1.37. The molecule has 0 aliphatic heterocycles. The summed E-state index contributed by atoms with van der Waals surface area (Å²) in [5.41, 5.74) is -0.947. The number of rotatable bonds is 5. The average molecular weight is 235 g/mol. The van der Waals surface area contributed by atoms with Crippen molar-refractivity contribution in [1.29, 1.82) is 0 Å². The summed E-state index contributed by atoms with van der Waals surface area (Å²) in [6.45, 7) is 1.00. The molecule has 0 aromatic carbocycles. The van der Waals surface area contributed by atoms with Gasteiger partial charge < -0.3 is 10.1 Å². The number of ether oxygens (including phenoxy) is 1. The van der Waals surface area contributed by atoms with Gasteiger partial charge in [0.15, 0.2) is 0 Å². The zero-order chi connectivity index (χ0) is 12.0. The van der Waals surface area contributed by atoms with E-state index >= 15 is 0 Å². The number of hydrogen-bond donors (Lipinski definition) is 1. The summed E-state index contributed by atoms with van der Waals surface area (Å²) in [6.07, 6.45) is -2.68. The molecule has 0 saturated carbocycles. The zero-order valence-corrected chi connectivity index (χ0v) is 8.71. The van der Waals surface area contributed by atoms with E-state index in [1.54, 1.807) is 7.11 Å². The minimum absolute atomic E-state index is 0.0223. The van der Waals surface area contributed by atoms with E-state index in [1.165, 1.54) is 0 Å². The number of aromatic nitrogens is 2. The lowest BCUT2D eigenvalue weighted by atomic mass is 10.4. The van der Waals surface area contributed by atoms with Crippen LogP contribution in [0.15, 0.2) is 12.3 Å². The molecule has 0 radical (unpaired) electrons. The lowest BCUT2D eigenvalue weighted by Crippen LogP contribution is -2.12. The molecule has 1 N–H and O–H groups in total. The molecule has 90 valence electrons. The lowest BCUT2D eigenvalue weighted by Gasteiger charge is -2.08. The third-order valence-electron chi connectivity index (χ3n) is 1.75. The van der Waals surface area contributed by atoms with Crippen molar-refractivity contribution in [2.75, 3.05) is 25.6 Å². The van der Waals surface area contributed by atoms with E-state index in [0.29, 0.717) is 19.6 Å². The summed E-state index contributed by atoms with van der Waals surface area (Å²) in [5, 5.41) is 2.69. The van der Waals surface area contributed by atoms with Crippen LogP contribution in [0.25, 0.3) is 0 Å². The fourth-order valence-corrected chi connectivity index (χ4v) is 1.02. The first-order chi connectivity index (χ1) is 7.54. The highest BCUT2D eigenvalue weighted by atomic mass is 19.4. The van der Waals surface area contributed by atoms with Gasteiger partial charge in [-0.25, -0.2) is 9.97 Å². The summed E-state index contributed by atoms with van der Waals surface area (Å²) < 4.78 is 41.6. The quantitative estimate of drug-likeness (QED) is 0.792. The monoisotopic (exact) mass is 235 g/mol. The minimum atomic E-state index is -4.44. The van der Waals surface area contributed by atoms with Gasteiger partial charge in [0.2, 0.25) is 5.95 Å². The van der Waals surface area contributed by atoms with E-state index in [4.69, 9.17) is 4.74 Å². The van der Waals surface area contributed by atoms with Gasteiger partial charge in [-0.15, -0.1) is 0 Å². The Bertz CT molecular complexity index is 330. The van der Waals surface area contributed by atoms with Gasteiger partial charge >= 0.3 is 6.18 Å². The Kier molecular flexibility index (Phi) is 4.48. The Labute approximate surface area is 90.9 Å². The molecule has 16 heavy (non-hydrogen) atoms. The van der Waals surface area contributed by atoms with E-state index in [1.807, 2.05) is 0 Å². The van der Waals surface area contributed by atoms with Crippen molar-refractivity contribution in [2.45, 2.75) is 12.6 Å². The minimum Gasteiger partial charge on any atom is -0.385 e. The number of methoxy groups -OCH3 is 1. The van der Waals surface area contributed by atoms with Gasteiger partial charge in [0.1, 0.15) is 5.69 Å². The largest absolute Gasteiger partial charge is 0.433 e. The average Bonchev–Trinajstić information content (AvgIpc) is 2.24. The van der Waals surface area contributed by atoms with Crippen LogP contribution in [0, 0.1) is 0 Å². The van der Waals surface area contributed by atoms with E-state index in [-0.39, 0.29) is 5.95 Å². The van der Waals surface area contributed by atoms with Gasteiger partial charge in [-0.05, 0) is 12.5 Å². The van der Waals surface area contributed by atoms with E-state index < -0.39 is 11.9 Å². The second-order valence-electron chi connectivity index (χ2n) is 3.04. The van der Waals surface area contributed by atoms with Crippen LogP contribution in [0.5, 0.6) is 0 Å². The van der Waals surface area contributed by atoms with Gasteiger partial charge in [0.25, 0.3) is 0 Å². The van der Waals surface area contributed by atoms with Crippen molar-refractivity contribution in [3.63, 3.8) is 0 Å². The van der Waals surface area contributed by atoms with Crippen molar-refractivity contribution < 1.29 is 17.9 Å². The van der Waals surface area contributed by atoms with Crippen molar-refractivity contribution in [2.24, 2.45) is 0 Å². The molecule has 0 bridgehead atoms. The van der Waals surface area contributed by atoms with Crippen LogP contribution < -0.4 is 5.32 Å². The van der Waals surface area contributed by atoms with Crippen molar-refractivity contribution in [1.82, 2.24) is 9.97 Å². The molecule has 0 atom stereocenters. The Morgan fingerprint density at radius 1 is 1.44 bits per heavy atom. The molecule has 7 heteroatoms. The van der Waals surface area contributed by atoms with Gasteiger partial charge in [0, 0.05) is 26.5 Å². The van der Waals surface area contributed by atoms with Gasteiger partial charge in [-0.3, -0.25) is 0 Å². The molecule has 1 rings (SSSR count). The molecule has 1 heterocycles. The first kappa shape index (κ1) is 12.7. The Morgan fingerprint density at radius 3 is 2.81 bits per heavy atom. The van der Waals surface area contributed by atoms with Crippen LogP contribution >= 0.6 is 0 Å².